The molecule has 0 spiro atoms. The summed E-state index contributed by atoms with van der Waals surface area (Å²) in [5, 5.41) is 2.46. The second kappa shape index (κ2) is 7.48. The Morgan fingerprint density at radius 2 is 2.00 bits per heavy atom. The molecule has 5 nitrogen and oxygen atoms in total. The van der Waals surface area contributed by atoms with Gasteiger partial charge in [-0.2, -0.15) is 0 Å². The highest BCUT2D eigenvalue weighted by Gasteiger charge is 2.14. The molecule has 1 rings (SSSR count). The average molecular weight is 268 g/mol. The number of para-hydroxylation sites is 1. The molecule has 0 aliphatic heterocycles. The summed E-state index contributed by atoms with van der Waals surface area (Å²) in [6.07, 6.45) is 0. The number of carbonyl (C=O) groups is 2. The van der Waals surface area contributed by atoms with E-state index < -0.39 is 11.8 Å². The quantitative estimate of drug-likeness (QED) is 0.789. The number of nitrogens with zero attached hydrogens (tertiary/aromatic N) is 1. The normalized spacial score (nSPS) is 10.3. The molecule has 0 bridgehead atoms. The Balaban J connectivity index is 2.54. The fourth-order valence-corrected chi connectivity index (χ4v) is 1.48. The third-order valence-corrected chi connectivity index (χ3v) is 2.54. The number of carbonyl (C=O) groups excluding carboxylic acids is 2. The third kappa shape index (κ3) is 5.05. The Kier molecular flexibility index (Phi) is 5.95. The van der Waals surface area contributed by atoms with Gasteiger partial charge >= 0.3 is 5.97 Å². The average Bonchev–Trinajstić information content (AvgIpc) is 2.40. The number of nitrogens with one attached hydrogen (secondary N) is 1. The van der Waals surface area contributed by atoms with Crippen molar-refractivity contribution in [2.24, 2.45) is 0 Å². The maximum Gasteiger partial charge on any atom is 0.319 e. The van der Waals surface area contributed by atoms with Crippen LogP contribution in [0, 0.1) is 5.82 Å². The van der Waals surface area contributed by atoms with Crippen LogP contribution in [0.1, 0.15) is 6.92 Å². The number of rotatable bonds is 6. The minimum atomic E-state index is -0.494. The molecule has 0 heterocycles. The van der Waals surface area contributed by atoms with Crippen molar-refractivity contribution < 1.29 is 18.7 Å². The van der Waals surface area contributed by atoms with Gasteiger partial charge in [0.25, 0.3) is 0 Å². The van der Waals surface area contributed by atoms with E-state index in [1.807, 2.05) is 6.92 Å². The van der Waals surface area contributed by atoms with Gasteiger partial charge in [-0.1, -0.05) is 19.1 Å². The first-order chi connectivity index (χ1) is 9.06. The first kappa shape index (κ1) is 15.1. The summed E-state index contributed by atoms with van der Waals surface area (Å²) in [6, 6.07) is 5.91. The van der Waals surface area contributed by atoms with E-state index in [9.17, 15) is 14.0 Å². The zero-order valence-corrected chi connectivity index (χ0v) is 11.0. The maximum absolute atomic E-state index is 13.3. The molecular weight excluding hydrogens is 251 g/mol. The van der Waals surface area contributed by atoms with Gasteiger partial charge in [-0.05, 0) is 18.7 Å². The van der Waals surface area contributed by atoms with Crippen LogP contribution in [-0.4, -0.2) is 43.5 Å². The van der Waals surface area contributed by atoms with Crippen LogP contribution in [-0.2, 0) is 14.3 Å². The fourth-order valence-electron chi connectivity index (χ4n) is 1.48. The molecule has 6 heteroatoms. The number of halogens is 1. The molecule has 0 unspecified atom stereocenters. The molecule has 0 aromatic heterocycles. The summed E-state index contributed by atoms with van der Waals surface area (Å²) >= 11 is 0. The van der Waals surface area contributed by atoms with Crippen molar-refractivity contribution in [2.45, 2.75) is 6.92 Å². The Bertz CT molecular complexity index is 451. The molecule has 1 amide bonds. The number of amides is 1. The van der Waals surface area contributed by atoms with Gasteiger partial charge < -0.3 is 10.1 Å². The second-order valence-electron chi connectivity index (χ2n) is 3.91. The highest BCUT2D eigenvalue weighted by molar-refractivity contribution is 5.92. The number of anilines is 1. The van der Waals surface area contributed by atoms with Crippen molar-refractivity contribution in [3.05, 3.63) is 30.1 Å². The minimum absolute atomic E-state index is 0.0000652. The second-order valence-corrected chi connectivity index (χ2v) is 3.91. The van der Waals surface area contributed by atoms with Crippen molar-refractivity contribution >= 4 is 17.6 Å². The van der Waals surface area contributed by atoms with Gasteiger partial charge in [0.2, 0.25) is 5.91 Å². The van der Waals surface area contributed by atoms with Gasteiger partial charge in [-0.25, -0.2) is 4.39 Å². The largest absolute Gasteiger partial charge is 0.468 e. The maximum atomic E-state index is 13.3. The van der Waals surface area contributed by atoms with Crippen LogP contribution in [0.2, 0.25) is 0 Å². The van der Waals surface area contributed by atoms with E-state index in [1.54, 1.807) is 17.0 Å². The number of esters is 1. The lowest BCUT2D eigenvalue weighted by molar-refractivity contribution is -0.142. The van der Waals surface area contributed by atoms with Crippen molar-refractivity contribution in [1.82, 2.24) is 4.90 Å². The molecule has 0 saturated heterocycles. The summed E-state index contributed by atoms with van der Waals surface area (Å²) in [5.41, 5.74) is 0.127. The van der Waals surface area contributed by atoms with Crippen molar-refractivity contribution in [3.63, 3.8) is 0 Å². The Labute approximate surface area is 111 Å². The molecule has 104 valence electrons. The first-order valence-electron chi connectivity index (χ1n) is 5.90. The monoisotopic (exact) mass is 268 g/mol. The molecule has 1 N–H and O–H groups in total. The van der Waals surface area contributed by atoms with Crippen LogP contribution in [0.3, 0.4) is 0 Å². The van der Waals surface area contributed by atoms with Gasteiger partial charge in [0.05, 0.1) is 25.9 Å². The molecule has 0 aliphatic rings. The summed E-state index contributed by atoms with van der Waals surface area (Å²) in [4.78, 5) is 24.5. The molecule has 0 fully saturated rings. The third-order valence-electron chi connectivity index (χ3n) is 2.54. The Hall–Kier alpha value is -1.95. The number of hydrogen-bond acceptors (Lipinski definition) is 4. The Morgan fingerprint density at radius 3 is 2.58 bits per heavy atom. The van der Waals surface area contributed by atoms with E-state index in [0.717, 1.165) is 0 Å². The van der Waals surface area contributed by atoms with Crippen molar-refractivity contribution in [1.29, 1.82) is 0 Å². The Morgan fingerprint density at radius 1 is 1.32 bits per heavy atom. The predicted molar refractivity (Wildman–Crippen MR) is 69.2 cm³/mol. The zero-order valence-electron chi connectivity index (χ0n) is 11.0. The molecular formula is C13H17FN2O3. The van der Waals surface area contributed by atoms with Crippen LogP contribution in [0.15, 0.2) is 24.3 Å². The van der Waals surface area contributed by atoms with Crippen molar-refractivity contribution in [3.8, 4) is 0 Å². The van der Waals surface area contributed by atoms with Gasteiger partial charge in [0.1, 0.15) is 5.82 Å². The molecule has 19 heavy (non-hydrogen) atoms. The van der Waals surface area contributed by atoms with E-state index in [-0.39, 0.29) is 24.7 Å². The predicted octanol–water partition coefficient (Wildman–Crippen LogP) is 1.26. The number of methoxy groups -OCH3 is 1. The molecule has 0 atom stereocenters. The van der Waals surface area contributed by atoms with Gasteiger partial charge in [0, 0.05) is 0 Å². The summed E-state index contributed by atoms with van der Waals surface area (Å²) < 4.78 is 17.9. The lowest BCUT2D eigenvalue weighted by Crippen LogP contribution is -2.37. The van der Waals surface area contributed by atoms with Crippen LogP contribution in [0.25, 0.3) is 0 Å². The first-order valence-corrected chi connectivity index (χ1v) is 5.90. The topological polar surface area (TPSA) is 58.6 Å². The summed E-state index contributed by atoms with van der Waals surface area (Å²) in [5.74, 6) is -1.29. The number of likely N-dealkylation sites (N-methyl/N-ethyl adjacent to an activating group) is 1. The van der Waals surface area contributed by atoms with Gasteiger partial charge in [0.15, 0.2) is 0 Å². The van der Waals surface area contributed by atoms with Crippen LogP contribution >= 0.6 is 0 Å². The SMILES string of the molecule is CCN(CC(=O)Nc1ccccc1F)CC(=O)OC. The lowest BCUT2D eigenvalue weighted by Gasteiger charge is -2.18. The standard InChI is InChI=1S/C13H17FN2O3/c1-3-16(9-13(18)19-2)8-12(17)15-11-7-5-4-6-10(11)14/h4-7H,3,8-9H2,1-2H3,(H,15,17). The molecule has 1 aromatic carbocycles. The van der Waals surface area contributed by atoms with Gasteiger partial charge in [-0.3, -0.25) is 14.5 Å². The van der Waals surface area contributed by atoms with Crippen LogP contribution < -0.4 is 5.32 Å². The molecule has 0 radical (unpaired) electrons. The van der Waals surface area contributed by atoms with Crippen LogP contribution in [0.5, 0.6) is 0 Å². The minimum Gasteiger partial charge on any atom is -0.468 e. The summed E-state index contributed by atoms with van der Waals surface area (Å²) in [7, 11) is 1.29. The molecule has 0 aliphatic carbocycles. The van der Waals surface area contributed by atoms with Crippen molar-refractivity contribution in [2.75, 3.05) is 32.1 Å². The molecule has 1 aromatic rings. The fraction of sp³-hybridized carbons (Fsp3) is 0.385. The number of ether oxygens (including phenoxy) is 1. The lowest BCUT2D eigenvalue weighted by atomic mass is 10.3. The number of hydrogen-bond donors (Lipinski definition) is 1. The van der Waals surface area contributed by atoms with E-state index in [0.29, 0.717) is 6.54 Å². The number of benzene rings is 1. The van der Waals surface area contributed by atoms with E-state index >= 15 is 0 Å². The van der Waals surface area contributed by atoms with E-state index in [2.05, 4.69) is 10.1 Å². The highest BCUT2D eigenvalue weighted by Crippen LogP contribution is 2.12. The smallest absolute Gasteiger partial charge is 0.319 e. The summed E-state index contributed by atoms with van der Waals surface area (Å²) in [6.45, 7) is 2.36. The van der Waals surface area contributed by atoms with E-state index in [4.69, 9.17) is 0 Å². The molecule has 0 saturated carbocycles. The van der Waals surface area contributed by atoms with E-state index in [1.165, 1.54) is 19.2 Å². The zero-order chi connectivity index (χ0) is 14.3. The van der Waals surface area contributed by atoms with Gasteiger partial charge in [-0.15, -0.1) is 0 Å². The van der Waals surface area contributed by atoms with Crippen LogP contribution in [0.4, 0.5) is 10.1 Å². The highest BCUT2D eigenvalue weighted by atomic mass is 19.1.